The molecule has 5 N–H and O–H groups in total. The van der Waals surface area contributed by atoms with Crippen LogP contribution in [-0.4, -0.2) is 80.9 Å². The molecule has 3 atom stereocenters. The van der Waals surface area contributed by atoms with Crippen molar-refractivity contribution in [2.75, 3.05) is 19.6 Å². The van der Waals surface area contributed by atoms with Crippen LogP contribution in [0.15, 0.2) is 0 Å². The Balaban J connectivity index is 3.05. The van der Waals surface area contributed by atoms with Gasteiger partial charge in [0.05, 0.1) is 18.8 Å². The minimum atomic E-state index is -1.40. The number of hydrogen-bond acceptors (Lipinski definition) is 6. The molecule has 22 heavy (non-hydrogen) atoms. The number of carbonyl (C=O) groups is 4. The lowest BCUT2D eigenvalue weighted by atomic mass is 9.91. The van der Waals surface area contributed by atoms with Gasteiger partial charge in [-0.1, -0.05) is 0 Å². The van der Waals surface area contributed by atoms with Crippen LogP contribution < -0.4 is 5.32 Å². The third-order valence-electron chi connectivity index (χ3n) is 3.56. The Kier molecular flexibility index (Phi) is 6.25. The van der Waals surface area contributed by atoms with Gasteiger partial charge in [0.15, 0.2) is 0 Å². The first-order chi connectivity index (χ1) is 10.2. The number of hydrogen-bond donors (Lipinski definition) is 5. The minimum Gasteiger partial charge on any atom is -0.481 e. The Morgan fingerprint density at radius 1 is 1.00 bits per heavy atom. The summed E-state index contributed by atoms with van der Waals surface area (Å²) in [5.74, 6) is -6.71. The highest BCUT2D eigenvalue weighted by atomic mass is 16.4. The molecule has 0 aromatic carbocycles. The maximum atomic E-state index is 11.3. The minimum absolute atomic E-state index is 0.0770. The highest BCUT2D eigenvalue weighted by Gasteiger charge is 2.41. The monoisotopic (exact) mass is 318 g/mol. The first-order valence-corrected chi connectivity index (χ1v) is 6.59. The SMILES string of the molecule is O=C(O)CC(C(=O)O)C1CNCCN1C(CC(=O)O)C(=O)O. The normalized spacial score (nSPS) is 21.7. The van der Waals surface area contributed by atoms with Gasteiger partial charge in [0.1, 0.15) is 6.04 Å². The number of aliphatic carboxylic acids is 4. The lowest BCUT2D eigenvalue weighted by Gasteiger charge is -2.41. The van der Waals surface area contributed by atoms with Gasteiger partial charge in [-0.2, -0.15) is 0 Å². The van der Waals surface area contributed by atoms with Gasteiger partial charge in [-0.3, -0.25) is 24.1 Å². The molecule has 1 aliphatic rings. The Labute approximate surface area is 125 Å². The highest BCUT2D eigenvalue weighted by molar-refractivity contribution is 5.81. The largest absolute Gasteiger partial charge is 0.481 e. The molecule has 1 rings (SSSR count). The van der Waals surface area contributed by atoms with Gasteiger partial charge in [0, 0.05) is 25.7 Å². The summed E-state index contributed by atoms with van der Waals surface area (Å²) in [7, 11) is 0. The molecule has 10 heteroatoms. The molecule has 0 saturated carbocycles. The van der Waals surface area contributed by atoms with E-state index in [1.165, 1.54) is 4.90 Å². The summed E-state index contributed by atoms with van der Waals surface area (Å²) in [6.07, 6.45) is -1.36. The molecule has 0 bridgehead atoms. The molecule has 10 nitrogen and oxygen atoms in total. The number of rotatable bonds is 8. The van der Waals surface area contributed by atoms with Gasteiger partial charge in [-0.05, 0) is 0 Å². The Morgan fingerprint density at radius 2 is 1.59 bits per heavy atom. The number of carboxylic acid groups (broad SMARTS) is 4. The van der Waals surface area contributed by atoms with E-state index in [1.54, 1.807) is 0 Å². The summed E-state index contributed by atoms with van der Waals surface area (Å²) >= 11 is 0. The number of nitrogens with zero attached hydrogens (tertiary/aromatic N) is 1. The van der Waals surface area contributed by atoms with Crippen LogP contribution in [0.4, 0.5) is 0 Å². The Hall–Kier alpha value is -2.20. The van der Waals surface area contributed by atoms with E-state index in [2.05, 4.69) is 5.32 Å². The summed E-state index contributed by atoms with van der Waals surface area (Å²) in [5.41, 5.74) is 0. The van der Waals surface area contributed by atoms with Crippen molar-refractivity contribution >= 4 is 23.9 Å². The van der Waals surface area contributed by atoms with Crippen molar-refractivity contribution in [1.82, 2.24) is 10.2 Å². The molecule has 1 aliphatic heterocycles. The Morgan fingerprint density at radius 3 is 2.05 bits per heavy atom. The van der Waals surface area contributed by atoms with Crippen LogP contribution in [0.5, 0.6) is 0 Å². The van der Waals surface area contributed by atoms with Crippen molar-refractivity contribution < 1.29 is 39.6 Å². The van der Waals surface area contributed by atoms with E-state index < -0.39 is 54.7 Å². The van der Waals surface area contributed by atoms with Gasteiger partial charge in [0.2, 0.25) is 0 Å². The van der Waals surface area contributed by atoms with E-state index >= 15 is 0 Å². The van der Waals surface area contributed by atoms with Crippen LogP contribution >= 0.6 is 0 Å². The number of carboxylic acids is 4. The van der Waals surface area contributed by atoms with Crippen molar-refractivity contribution in [2.24, 2.45) is 5.92 Å². The fourth-order valence-electron chi connectivity index (χ4n) is 2.59. The van der Waals surface area contributed by atoms with Gasteiger partial charge in [-0.25, -0.2) is 0 Å². The fourth-order valence-corrected chi connectivity index (χ4v) is 2.59. The van der Waals surface area contributed by atoms with E-state index in [1.807, 2.05) is 0 Å². The molecule has 0 aliphatic carbocycles. The lowest BCUT2D eigenvalue weighted by molar-refractivity contribution is -0.157. The van der Waals surface area contributed by atoms with Gasteiger partial charge in [0.25, 0.3) is 0 Å². The first kappa shape index (κ1) is 17.9. The van der Waals surface area contributed by atoms with E-state index in [0.29, 0.717) is 6.54 Å². The van der Waals surface area contributed by atoms with Crippen molar-refractivity contribution in [2.45, 2.75) is 24.9 Å². The second kappa shape index (κ2) is 7.71. The Bertz CT molecular complexity index is 424. The summed E-state index contributed by atoms with van der Waals surface area (Å²) in [5, 5.41) is 39.0. The number of nitrogens with one attached hydrogen (secondary N) is 1. The number of piperazine rings is 1. The molecular weight excluding hydrogens is 300 g/mol. The zero-order valence-electron chi connectivity index (χ0n) is 11.6. The molecule has 124 valence electrons. The standard InChI is InChI=1S/C12H18N2O8/c15-9(16)3-6(11(19)20)8-5-13-1-2-14(8)7(12(21)22)4-10(17)18/h6-8,13H,1-5H2,(H,15,16)(H,17,18)(H,19,20)(H,21,22). The average molecular weight is 318 g/mol. The van der Waals surface area contributed by atoms with Crippen LogP contribution in [0, 0.1) is 5.92 Å². The van der Waals surface area contributed by atoms with Crippen LogP contribution in [0.3, 0.4) is 0 Å². The molecule has 0 aromatic heterocycles. The third kappa shape index (κ3) is 4.67. The van der Waals surface area contributed by atoms with E-state index in [4.69, 9.17) is 10.2 Å². The molecule has 1 heterocycles. The average Bonchev–Trinajstić information content (AvgIpc) is 2.41. The van der Waals surface area contributed by atoms with Gasteiger partial charge >= 0.3 is 23.9 Å². The van der Waals surface area contributed by atoms with Crippen molar-refractivity contribution in [3.8, 4) is 0 Å². The van der Waals surface area contributed by atoms with Crippen LogP contribution in [0.2, 0.25) is 0 Å². The predicted octanol–water partition coefficient (Wildman–Crippen LogP) is -1.64. The summed E-state index contributed by atoms with van der Waals surface area (Å²) in [4.78, 5) is 45.5. The quantitative estimate of drug-likeness (QED) is 0.350. The van der Waals surface area contributed by atoms with Crippen LogP contribution in [0.25, 0.3) is 0 Å². The lowest BCUT2D eigenvalue weighted by Crippen LogP contribution is -2.61. The maximum Gasteiger partial charge on any atom is 0.321 e. The molecular formula is C12H18N2O8. The molecule has 3 unspecified atom stereocenters. The molecule has 1 saturated heterocycles. The van der Waals surface area contributed by atoms with E-state index in [9.17, 15) is 29.4 Å². The topological polar surface area (TPSA) is 164 Å². The zero-order valence-corrected chi connectivity index (χ0v) is 11.6. The van der Waals surface area contributed by atoms with Crippen LogP contribution in [-0.2, 0) is 19.2 Å². The first-order valence-electron chi connectivity index (χ1n) is 6.59. The predicted molar refractivity (Wildman–Crippen MR) is 70.4 cm³/mol. The van der Waals surface area contributed by atoms with E-state index in [0.717, 1.165) is 0 Å². The van der Waals surface area contributed by atoms with Crippen molar-refractivity contribution in [3.05, 3.63) is 0 Å². The van der Waals surface area contributed by atoms with Crippen molar-refractivity contribution in [1.29, 1.82) is 0 Å². The molecule has 1 fully saturated rings. The van der Waals surface area contributed by atoms with Crippen LogP contribution in [0.1, 0.15) is 12.8 Å². The maximum absolute atomic E-state index is 11.3. The summed E-state index contributed by atoms with van der Waals surface area (Å²) < 4.78 is 0. The second-order valence-electron chi connectivity index (χ2n) is 5.00. The summed E-state index contributed by atoms with van der Waals surface area (Å²) in [6, 6.07) is -2.32. The van der Waals surface area contributed by atoms with Gasteiger partial charge < -0.3 is 25.7 Å². The molecule has 0 aromatic rings. The second-order valence-corrected chi connectivity index (χ2v) is 5.00. The van der Waals surface area contributed by atoms with Gasteiger partial charge in [-0.15, -0.1) is 0 Å². The van der Waals surface area contributed by atoms with Crippen molar-refractivity contribution in [3.63, 3.8) is 0 Å². The molecule has 0 radical (unpaired) electrons. The fraction of sp³-hybridized carbons (Fsp3) is 0.667. The molecule has 0 spiro atoms. The zero-order chi connectivity index (χ0) is 16.9. The third-order valence-corrected chi connectivity index (χ3v) is 3.56. The van der Waals surface area contributed by atoms with E-state index in [-0.39, 0.29) is 13.1 Å². The smallest absolute Gasteiger partial charge is 0.321 e. The summed E-state index contributed by atoms with van der Waals surface area (Å²) in [6.45, 7) is 0.561. The highest BCUT2D eigenvalue weighted by Crippen LogP contribution is 2.22. The molecule has 0 amide bonds.